The standard InChI is InChI=1S/C15H18O5/c1-18-10-6-4-9(5-7-10)11-8-12(14(16)19-2)13(11)15(17)20-3/h4-7,11-13H,8H2,1-3H3/t11-,12-,13-/m1/s1. The van der Waals surface area contributed by atoms with Crippen molar-refractivity contribution in [3.63, 3.8) is 0 Å². The van der Waals surface area contributed by atoms with E-state index in [4.69, 9.17) is 14.2 Å². The molecule has 1 fully saturated rings. The van der Waals surface area contributed by atoms with Gasteiger partial charge in [0.25, 0.3) is 0 Å². The molecule has 0 heterocycles. The van der Waals surface area contributed by atoms with Crippen LogP contribution >= 0.6 is 0 Å². The third-order valence-electron chi connectivity index (χ3n) is 3.90. The van der Waals surface area contributed by atoms with E-state index in [0.29, 0.717) is 6.42 Å². The molecule has 5 nitrogen and oxygen atoms in total. The van der Waals surface area contributed by atoms with Gasteiger partial charge in [0.1, 0.15) is 5.75 Å². The molecule has 0 amide bonds. The highest BCUT2D eigenvalue weighted by Crippen LogP contribution is 2.48. The average molecular weight is 278 g/mol. The lowest BCUT2D eigenvalue weighted by atomic mass is 9.62. The van der Waals surface area contributed by atoms with Crippen molar-refractivity contribution < 1.29 is 23.8 Å². The van der Waals surface area contributed by atoms with Crippen LogP contribution in [0.1, 0.15) is 17.9 Å². The second-order valence-electron chi connectivity index (χ2n) is 4.79. The lowest BCUT2D eigenvalue weighted by molar-refractivity contribution is -0.166. The van der Waals surface area contributed by atoms with E-state index < -0.39 is 11.8 Å². The van der Waals surface area contributed by atoms with E-state index in [2.05, 4.69) is 0 Å². The van der Waals surface area contributed by atoms with Gasteiger partial charge in [-0.15, -0.1) is 0 Å². The molecule has 0 aromatic heterocycles. The molecule has 1 aromatic carbocycles. The number of carbonyl (C=O) groups is 2. The summed E-state index contributed by atoms with van der Waals surface area (Å²) in [7, 11) is 4.26. The van der Waals surface area contributed by atoms with Crippen LogP contribution in [-0.4, -0.2) is 33.3 Å². The summed E-state index contributed by atoms with van der Waals surface area (Å²) in [6, 6.07) is 7.50. The molecule has 0 aliphatic heterocycles. The van der Waals surface area contributed by atoms with Crippen LogP contribution in [0.5, 0.6) is 5.75 Å². The van der Waals surface area contributed by atoms with Gasteiger partial charge >= 0.3 is 11.9 Å². The second-order valence-corrected chi connectivity index (χ2v) is 4.79. The van der Waals surface area contributed by atoms with Crippen LogP contribution in [0, 0.1) is 11.8 Å². The molecule has 2 rings (SSSR count). The highest BCUT2D eigenvalue weighted by molar-refractivity contribution is 5.85. The number of ether oxygens (including phenoxy) is 3. The van der Waals surface area contributed by atoms with Crippen molar-refractivity contribution in [2.24, 2.45) is 11.8 Å². The summed E-state index contributed by atoms with van der Waals surface area (Å²) in [5.74, 6) is -0.873. The van der Waals surface area contributed by atoms with E-state index >= 15 is 0 Å². The van der Waals surface area contributed by atoms with E-state index in [9.17, 15) is 9.59 Å². The van der Waals surface area contributed by atoms with Crippen LogP contribution in [0.15, 0.2) is 24.3 Å². The lowest BCUT2D eigenvalue weighted by Gasteiger charge is -2.41. The predicted octanol–water partition coefficient (Wildman–Crippen LogP) is 1.76. The fourth-order valence-electron chi connectivity index (χ4n) is 2.70. The fourth-order valence-corrected chi connectivity index (χ4v) is 2.70. The molecule has 1 saturated carbocycles. The Balaban J connectivity index is 2.19. The summed E-state index contributed by atoms with van der Waals surface area (Å²) in [4.78, 5) is 23.5. The van der Waals surface area contributed by atoms with E-state index in [0.717, 1.165) is 11.3 Å². The third kappa shape index (κ3) is 2.48. The molecular weight excluding hydrogens is 260 g/mol. The van der Waals surface area contributed by atoms with Crippen molar-refractivity contribution in [3.8, 4) is 5.75 Å². The normalized spacial score (nSPS) is 24.4. The van der Waals surface area contributed by atoms with E-state index in [1.54, 1.807) is 7.11 Å². The molecule has 0 saturated heterocycles. The topological polar surface area (TPSA) is 61.8 Å². The van der Waals surface area contributed by atoms with Gasteiger partial charge in [0.15, 0.2) is 0 Å². The number of hydrogen-bond donors (Lipinski definition) is 0. The molecule has 5 heteroatoms. The van der Waals surface area contributed by atoms with Gasteiger partial charge in [-0.2, -0.15) is 0 Å². The van der Waals surface area contributed by atoms with Gasteiger partial charge in [-0.05, 0) is 30.0 Å². The highest BCUT2D eigenvalue weighted by atomic mass is 16.5. The average Bonchev–Trinajstić information content (AvgIpc) is 2.46. The Morgan fingerprint density at radius 1 is 1.00 bits per heavy atom. The number of carbonyl (C=O) groups excluding carboxylic acids is 2. The first kappa shape index (κ1) is 14.4. The molecule has 0 N–H and O–H groups in total. The minimum absolute atomic E-state index is 0.0162. The number of hydrogen-bond acceptors (Lipinski definition) is 5. The van der Waals surface area contributed by atoms with Crippen molar-refractivity contribution in [3.05, 3.63) is 29.8 Å². The summed E-state index contributed by atoms with van der Waals surface area (Å²) in [5.41, 5.74) is 1.00. The molecule has 20 heavy (non-hydrogen) atoms. The van der Waals surface area contributed by atoms with Gasteiger partial charge in [0.2, 0.25) is 0 Å². The zero-order valence-electron chi connectivity index (χ0n) is 11.8. The van der Waals surface area contributed by atoms with Crippen LogP contribution in [0.4, 0.5) is 0 Å². The molecule has 1 aliphatic rings. The zero-order chi connectivity index (χ0) is 14.7. The SMILES string of the molecule is COC(=O)[C@@H]1[C@@H](c2ccc(OC)cc2)C[C@H]1C(=O)OC. The molecule has 1 aromatic rings. The first-order valence-corrected chi connectivity index (χ1v) is 6.42. The minimum Gasteiger partial charge on any atom is -0.497 e. The summed E-state index contributed by atoms with van der Waals surface area (Å²) in [6.45, 7) is 0. The zero-order valence-corrected chi connectivity index (χ0v) is 11.8. The molecular formula is C15H18O5. The Hall–Kier alpha value is -2.04. The van der Waals surface area contributed by atoms with Crippen molar-refractivity contribution in [1.82, 2.24) is 0 Å². The van der Waals surface area contributed by atoms with E-state index in [1.807, 2.05) is 24.3 Å². The van der Waals surface area contributed by atoms with E-state index in [1.165, 1.54) is 14.2 Å². The summed E-state index contributed by atoms with van der Waals surface area (Å²) in [6.07, 6.45) is 0.596. The van der Waals surface area contributed by atoms with Gasteiger partial charge in [0, 0.05) is 0 Å². The first-order chi connectivity index (χ1) is 9.62. The van der Waals surface area contributed by atoms with Gasteiger partial charge in [-0.25, -0.2) is 0 Å². The molecule has 0 spiro atoms. The van der Waals surface area contributed by atoms with Crippen LogP contribution in [-0.2, 0) is 19.1 Å². The fraction of sp³-hybridized carbons (Fsp3) is 0.467. The van der Waals surface area contributed by atoms with Gasteiger partial charge in [-0.3, -0.25) is 9.59 Å². The quantitative estimate of drug-likeness (QED) is 0.785. The van der Waals surface area contributed by atoms with Crippen LogP contribution in [0.25, 0.3) is 0 Å². The van der Waals surface area contributed by atoms with Gasteiger partial charge in [-0.1, -0.05) is 12.1 Å². The van der Waals surface area contributed by atoms with Crippen molar-refractivity contribution in [1.29, 1.82) is 0 Å². The molecule has 0 unspecified atom stereocenters. The Morgan fingerprint density at radius 3 is 2.10 bits per heavy atom. The van der Waals surface area contributed by atoms with Crippen molar-refractivity contribution in [2.75, 3.05) is 21.3 Å². The summed E-state index contributed by atoms with van der Waals surface area (Å²) in [5, 5.41) is 0. The maximum atomic E-state index is 11.9. The highest BCUT2D eigenvalue weighted by Gasteiger charge is 2.51. The van der Waals surface area contributed by atoms with Crippen molar-refractivity contribution >= 4 is 11.9 Å². The molecule has 0 radical (unpaired) electrons. The van der Waals surface area contributed by atoms with Crippen LogP contribution < -0.4 is 4.74 Å². The molecule has 3 atom stereocenters. The predicted molar refractivity (Wildman–Crippen MR) is 71.4 cm³/mol. The van der Waals surface area contributed by atoms with Crippen molar-refractivity contribution in [2.45, 2.75) is 12.3 Å². The molecule has 108 valence electrons. The monoisotopic (exact) mass is 278 g/mol. The third-order valence-corrected chi connectivity index (χ3v) is 3.90. The Kier molecular flexibility index (Phi) is 4.27. The number of methoxy groups -OCH3 is 3. The number of rotatable bonds is 4. The Morgan fingerprint density at radius 2 is 1.60 bits per heavy atom. The first-order valence-electron chi connectivity index (χ1n) is 6.42. The van der Waals surface area contributed by atoms with E-state index in [-0.39, 0.29) is 17.9 Å². The Bertz CT molecular complexity index is 493. The number of benzene rings is 1. The summed E-state index contributed by atoms with van der Waals surface area (Å²) >= 11 is 0. The molecule has 1 aliphatic carbocycles. The lowest BCUT2D eigenvalue weighted by Crippen LogP contribution is -2.45. The smallest absolute Gasteiger partial charge is 0.310 e. The van der Waals surface area contributed by atoms with Crippen LogP contribution in [0.2, 0.25) is 0 Å². The maximum absolute atomic E-state index is 11.9. The van der Waals surface area contributed by atoms with Gasteiger partial charge < -0.3 is 14.2 Å². The second kappa shape index (κ2) is 5.94. The largest absolute Gasteiger partial charge is 0.497 e. The van der Waals surface area contributed by atoms with Gasteiger partial charge in [0.05, 0.1) is 33.2 Å². The Labute approximate surface area is 117 Å². The molecule has 0 bridgehead atoms. The van der Waals surface area contributed by atoms with Crippen LogP contribution in [0.3, 0.4) is 0 Å². The minimum atomic E-state index is -0.471. The number of esters is 2. The summed E-state index contributed by atoms with van der Waals surface area (Å²) < 4.78 is 14.6. The maximum Gasteiger partial charge on any atom is 0.310 e.